The number of rotatable bonds is 2. The molecule has 3 aromatic rings. The van der Waals surface area contributed by atoms with Gasteiger partial charge < -0.3 is 5.32 Å². The van der Waals surface area contributed by atoms with Gasteiger partial charge in [0.05, 0.1) is 21.5 Å². The van der Waals surface area contributed by atoms with E-state index in [2.05, 4.69) is 10.3 Å². The standard InChI is InChI=1S/C15H8ClF3N2OS/c16-8-5-6-12-11(7-8)21-14(23-12)13(22)20-10-4-2-1-3-9(10)15(17,18)19/h1-7H,(H,20,22). The summed E-state index contributed by atoms with van der Waals surface area (Å²) in [4.78, 5) is 16.3. The number of benzene rings is 2. The van der Waals surface area contributed by atoms with Crippen molar-refractivity contribution in [3.8, 4) is 0 Å². The minimum absolute atomic E-state index is 0.0687. The zero-order chi connectivity index (χ0) is 16.6. The Morgan fingerprint density at radius 1 is 1.17 bits per heavy atom. The quantitative estimate of drug-likeness (QED) is 0.684. The lowest BCUT2D eigenvalue weighted by molar-refractivity contribution is -0.136. The molecule has 1 amide bonds. The van der Waals surface area contributed by atoms with Gasteiger partial charge in [0.2, 0.25) is 0 Å². The van der Waals surface area contributed by atoms with Gasteiger partial charge in [0, 0.05) is 5.02 Å². The van der Waals surface area contributed by atoms with Crippen molar-refractivity contribution in [2.45, 2.75) is 6.18 Å². The summed E-state index contributed by atoms with van der Waals surface area (Å²) in [6, 6.07) is 9.74. The Balaban J connectivity index is 1.92. The molecule has 3 rings (SSSR count). The van der Waals surface area contributed by atoms with Gasteiger partial charge in [0.15, 0.2) is 5.01 Å². The number of anilines is 1. The molecule has 3 nitrogen and oxygen atoms in total. The molecular formula is C15H8ClF3N2OS. The van der Waals surface area contributed by atoms with Gasteiger partial charge in [-0.25, -0.2) is 4.98 Å². The second-order valence-electron chi connectivity index (χ2n) is 4.63. The number of nitrogens with one attached hydrogen (secondary N) is 1. The number of carbonyl (C=O) groups is 1. The first-order chi connectivity index (χ1) is 10.8. The smallest absolute Gasteiger partial charge is 0.319 e. The summed E-state index contributed by atoms with van der Waals surface area (Å²) in [7, 11) is 0. The Labute approximate surface area is 137 Å². The number of nitrogens with zero attached hydrogens (tertiary/aromatic N) is 1. The van der Waals surface area contributed by atoms with Crippen LogP contribution in [-0.4, -0.2) is 10.9 Å². The monoisotopic (exact) mass is 356 g/mol. The molecule has 1 heterocycles. The second kappa shape index (κ2) is 5.82. The molecule has 0 radical (unpaired) electrons. The van der Waals surface area contributed by atoms with E-state index < -0.39 is 17.6 Å². The number of carbonyl (C=O) groups excluding carboxylic acids is 1. The van der Waals surface area contributed by atoms with Crippen LogP contribution in [0.15, 0.2) is 42.5 Å². The van der Waals surface area contributed by atoms with Crippen LogP contribution in [0.1, 0.15) is 15.4 Å². The van der Waals surface area contributed by atoms with Gasteiger partial charge in [-0.15, -0.1) is 11.3 Å². The third-order valence-electron chi connectivity index (χ3n) is 3.02. The highest BCUT2D eigenvalue weighted by Crippen LogP contribution is 2.35. The lowest BCUT2D eigenvalue weighted by Crippen LogP contribution is -2.16. The number of aromatic nitrogens is 1. The van der Waals surface area contributed by atoms with E-state index in [0.717, 1.165) is 22.1 Å². The number of alkyl halides is 3. The highest BCUT2D eigenvalue weighted by molar-refractivity contribution is 7.20. The SMILES string of the molecule is O=C(Nc1ccccc1C(F)(F)F)c1nc2cc(Cl)ccc2s1. The summed E-state index contributed by atoms with van der Waals surface area (Å²) in [5.41, 5.74) is -0.684. The van der Waals surface area contributed by atoms with E-state index in [-0.39, 0.29) is 10.7 Å². The number of hydrogen-bond donors (Lipinski definition) is 1. The molecule has 0 saturated carbocycles. The number of fused-ring (bicyclic) bond motifs is 1. The van der Waals surface area contributed by atoms with Crippen LogP contribution in [0, 0.1) is 0 Å². The average molecular weight is 357 g/mol. The number of para-hydroxylation sites is 1. The van der Waals surface area contributed by atoms with Crippen molar-refractivity contribution in [1.82, 2.24) is 4.98 Å². The highest BCUT2D eigenvalue weighted by atomic mass is 35.5. The molecule has 0 saturated heterocycles. The van der Waals surface area contributed by atoms with E-state index in [0.29, 0.717) is 10.5 Å². The minimum Gasteiger partial charge on any atom is -0.319 e. The Bertz CT molecular complexity index is 892. The number of hydrogen-bond acceptors (Lipinski definition) is 3. The maximum atomic E-state index is 12.9. The fourth-order valence-electron chi connectivity index (χ4n) is 2.01. The van der Waals surface area contributed by atoms with Gasteiger partial charge in [-0.3, -0.25) is 4.79 Å². The van der Waals surface area contributed by atoms with Crippen molar-refractivity contribution in [3.05, 3.63) is 58.1 Å². The minimum atomic E-state index is -4.55. The molecule has 0 aliphatic carbocycles. The molecule has 1 aromatic heterocycles. The van der Waals surface area contributed by atoms with Crippen LogP contribution in [0.4, 0.5) is 18.9 Å². The van der Waals surface area contributed by atoms with Crippen LogP contribution in [0.3, 0.4) is 0 Å². The van der Waals surface area contributed by atoms with Crippen LogP contribution in [0.5, 0.6) is 0 Å². The van der Waals surface area contributed by atoms with Gasteiger partial charge in [0.25, 0.3) is 5.91 Å². The summed E-state index contributed by atoms with van der Waals surface area (Å²) in [5, 5.41) is 2.80. The largest absolute Gasteiger partial charge is 0.418 e. The Kier molecular flexibility index (Phi) is 3.99. The molecule has 0 bridgehead atoms. The first-order valence-corrected chi connectivity index (χ1v) is 7.58. The summed E-state index contributed by atoms with van der Waals surface area (Å²) in [5.74, 6) is -0.695. The Morgan fingerprint density at radius 3 is 2.65 bits per heavy atom. The van der Waals surface area contributed by atoms with Crippen LogP contribution in [0.25, 0.3) is 10.2 Å². The van der Waals surface area contributed by atoms with Crippen LogP contribution >= 0.6 is 22.9 Å². The maximum Gasteiger partial charge on any atom is 0.418 e. The van der Waals surface area contributed by atoms with E-state index in [1.807, 2.05) is 0 Å². The van der Waals surface area contributed by atoms with Crippen LogP contribution in [-0.2, 0) is 6.18 Å². The topological polar surface area (TPSA) is 42.0 Å². The summed E-state index contributed by atoms with van der Waals surface area (Å²) in [6.07, 6.45) is -4.55. The van der Waals surface area contributed by atoms with Crippen molar-refractivity contribution >= 4 is 44.7 Å². The van der Waals surface area contributed by atoms with Crippen molar-refractivity contribution in [2.75, 3.05) is 5.32 Å². The summed E-state index contributed by atoms with van der Waals surface area (Å²) < 4.78 is 39.5. The molecule has 1 N–H and O–H groups in total. The molecule has 0 unspecified atom stereocenters. The van der Waals surface area contributed by atoms with E-state index >= 15 is 0 Å². The predicted molar refractivity (Wildman–Crippen MR) is 84.0 cm³/mol. The molecular weight excluding hydrogens is 349 g/mol. The van der Waals surface area contributed by atoms with Gasteiger partial charge in [0.1, 0.15) is 0 Å². The molecule has 118 valence electrons. The lowest BCUT2D eigenvalue weighted by Gasteiger charge is -2.12. The van der Waals surface area contributed by atoms with Crippen LogP contribution in [0.2, 0.25) is 5.02 Å². The second-order valence-corrected chi connectivity index (χ2v) is 6.10. The fraction of sp³-hybridized carbons (Fsp3) is 0.0667. The van der Waals surface area contributed by atoms with Crippen molar-refractivity contribution in [1.29, 1.82) is 0 Å². The molecule has 8 heteroatoms. The van der Waals surface area contributed by atoms with E-state index in [4.69, 9.17) is 11.6 Å². The molecule has 0 spiro atoms. The predicted octanol–water partition coefficient (Wildman–Crippen LogP) is 5.22. The average Bonchev–Trinajstić information content (AvgIpc) is 2.89. The van der Waals surface area contributed by atoms with Crippen molar-refractivity contribution < 1.29 is 18.0 Å². The van der Waals surface area contributed by atoms with E-state index in [1.165, 1.54) is 18.2 Å². The van der Waals surface area contributed by atoms with E-state index in [1.54, 1.807) is 18.2 Å². The Hall–Kier alpha value is -2.12. The molecule has 0 fully saturated rings. The zero-order valence-electron chi connectivity index (χ0n) is 11.3. The first-order valence-electron chi connectivity index (χ1n) is 6.38. The zero-order valence-corrected chi connectivity index (χ0v) is 12.9. The third kappa shape index (κ3) is 3.30. The molecule has 0 atom stereocenters. The number of thiazole rings is 1. The number of amides is 1. The number of halogens is 4. The van der Waals surface area contributed by atoms with Gasteiger partial charge in [-0.2, -0.15) is 13.2 Å². The van der Waals surface area contributed by atoms with E-state index in [9.17, 15) is 18.0 Å². The molecule has 0 aliphatic rings. The van der Waals surface area contributed by atoms with Crippen molar-refractivity contribution in [3.63, 3.8) is 0 Å². The van der Waals surface area contributed by atoms with Gasteiger partial charge in [-0.1, -0.05) is 23.7 Å². The fourth-order valence-corrected chi connectivity index (χ4v) is 3.02. The molecule has 23 heavy (non-hydrogen) atoms. The van der Waals surface area contributed by atoms with Crippen LogP contribution < -0.4 is 5.32 Å². The third-order valence-corrected chi connectivity index (χ3v) is 4.29. The highest BCUT2D eigenvalue weighted by Gasteiger charge is 2.33. The first kappa shape index (κ1) is 15.8. The van der Waals surface area contributed by atoms with Gasteiger partial charge in [-0.05, 0) is 30.3 Å². The summed E-state index contributed by atoms with van der Waals surface area (Å²) >= 11 is 6.93. The Morgan fingerprint density at radius 2 is 1.91 bits per heavy atom. The lowest BCUT2D eigenvalue weighted by atomic mass is 10.1. The van der Waals surface area contributed by atoms with Crippen molar-refractivity contribution in [2.24, 2.45) is 0 Å². The molecule has 2 aromatic carbocycles. The molecule has 0 aliphatic heterocycles. The maximum absolute atomic E-state index is 12.9. The normalized spacial score (nSPS) is 11.7. The summed E-state index contributed by atoms with van der Waals surface area (Å²) in [6.45, 7) is 0. The van der Waals surface area contributed by atoms with Gasteiger partial charge >= 0.3 is 6.18 Å².